The zero-order chi connectivity index (χ0) is 0. The summed E-state index contributed by atoms with van der Waals surface area (Å²) in [6, 6.07) is 0. The summed E-state index contributed by atoms with van der Waals surface area (Å²) < 4.78 is 0. The van der Waals surface area contributed by atoms with E-state index in [1.807, 2.05) is 0 Å². The molecule has 3 nitrogen and oxygen atoms in total. The zero-order valence-electron chi connectivity index (χ0n) is 2.92. The third-order valence-corrected chi connectivity index (χ3v) is 0. The van der Waals surface area contributed by atoms with Gasteiger partial charge in [0.2, 0.25) is 0 Å². The molecule has 0 aromatic carbocycles. The quantitative estimate of drug-likeness (QED) is 0.556. The summed E-state index contributed by atoms with van der Waals surface area (Å²) in [5.41, 5.74) is 0. The van der Waals surface area contributed by atoms with Crippen LogP contribution in [-0.4, -0.2) is 17.4 Å². The van der Waals surface area contributed by atoms with E-state index in [0.29, 0.717) is 0 Å². The van der Waals surface area contributed by atoms with E-state index in [0.717, 1.165) is 0 Å². The molecule has 0 bridgehead atoms. The first-order valence-electron chi connectivity index (χ1n) is 0. The largest absolute Gasteiger partial charge is 3.00 e. The minimum atomic E-state index is 0. The molecule has 0 N–H and O–H groups in total. The number of rotatable bonds is 0. The molecule has 0 atom stereocenters. The maximum Gasteiger partial charge on any atom is 3.00 e. The van der Waals surface area contributed by atoms with Crippen molar-refractivity contribution in [3.63, 3.8) is 0 Å². The van der Waals surface area contributed by atoms with Gasteiger partial charge in [0, 0.05) is 0 Å². The van der Waals surface area contributed by atoms with E-state index in [2.05, 4.69) is 0 Å². The fourth-order valence-electron chi connectivity index (χ4n) is 0. The van der Waals surface area contributed by atoms with Gasteiger partial charge in [-0.15, -0.1) is 0 Å². The first-order valence-corrected chi connectivity index (χ1v) is 0. The Morgan fingerprint density at radius 2 is 0.429 bits per heavy atom. The second-order valence-electron chi connectivity index (χ2n) is 0. The van der Waals surface area contributed by atoms with Crippen LogP contribution < -0.4 is 0 Å². The molecular formula is AlCo3N3. The molecule has 0 rings (SSSR count). The molecule has 0 spiro atoms. The summed E-state index contributed by atoms with van der Waals surface area (Å²) >= 11 is 0. The van der Waals surface area contributed by atoms with E-state index in [4.69, 9.17) is 0 Å². The van der Waals surface area contributed by atoms with Crippen LogP contribution in [0.4, 0.5) is 0 Å². The third kappa shape index (κ3) is 74.8. The molecule has 3 radical (unpaired) electrons. The zero-order valence-corrected chi connectivity index (χ0v) is 7.20. The van der Waals surface area contributed by atoms with Gasteiger partial charge in [0.25, 0.3) is 0 Å². The summed E-state index contributed by atoms with van der Waals surface area (Å²) in [5.74, 6) is 0. The van der Waals surface area contributed by atoms with Gasteiger partial charge < -0.3 is 18.5 Å². The molecule has 7 heavy (non-hydrogen) atoms. The van der Waals surface area contributed by atoms with Crippen LogP contribution in [0.3, 0.4) is 0 Å². The number of nitrogens with zero attached hydrogens (tertiary/aromatic N) is 3. The van der Waals surface area contributed by atoms with E-state index in [-0.39, 0.29) is 86.1 Å². The molecule has 0 aliphatic carbocycles. The van der Waals surface area contributed by atoms with Gasteiger partial charge in [0.15, 0.2) is 0 Å². The first-order chi connectivity index (χ1) is 0. The fourth-order valence-corrected chi connectivity index (χ4v) is 0. The molecule has 0 saturated carbocycles. The van der Waals surface area contributed by atoms with E-state index < -0.39 is 0 Å². The molecule has 0 aliphatic heterocycles. The Hall–Kier alpha value is 1.93. The van der Waals surface area contributed by atoms with E-state index in [1.165, 1.54) is 0 Å². The van der Waals surface area contributed by atoms with Crippen LogP contribution in [0.2, 0.25) is 0 Å². The van der Waals surface area contributed by atoms with Crippen molar-refractivity contribution in [1.82, 2.24) is 0 Å². The van der Waals surface area contributed by atoms with Crippen LogP contribution >= 0.6 is 0 Å². The Balaban J connectivity index is 0. The van der Waals surface area contributed by atoms with Crippen LogP contribution in [0.5, 0.6) is 0 Å². The van der Waals surface area contributed by atoms with Crippen LogP contribution in [0.15, 0.2) is 0 Å². The monoisotopic (exact) mass is 246 g/mol. The molecule has 0 unspecified atom stereocenters. The second kappa shape index (κ2) is 102. The summed E-state index contributed by atoms with van der Waals surface area (Å²) in [6.07, 6.45) is 0. The Bertz CT molecular complexity index is 10.1. The summed E-state index contributed by atoms with van der Waals surface area (Å²) in [5, 5.41) is 0. The maximum atomic E-state index is 0. The smallest absolute Gasteiger partial charge is 3.00 e. The van der Waals surface area contributed by atoms with Gasteiger partial charge in [-0.05, 0) is 0 Å². The van der Waals surface area contributed by atoms with Gasteiger partial charge >= 0.3 is 67.7 Å². The molecule has 0 aliphatic rings. The molecule has 0 fully saturated rings. The molecular weight excluding hydrogens is 246 g/mol. The normalized spacial score (nSPS) is 0. The van der Waals surface area contributed by atoms with Crippen molar-refractivity contribution in [1.29, 1.82) is 0 Å². The molecule has 7 heteroatoms. The Kier molecular flexibility index (Phi) is 2200. The Morgan fingerprint density at radius 3 is 0.429 bits per heavy atom. The number of hydrogen-bond acceptors (Lipinski definition) is 0. The standard InChI is InChI=1S/Al.3Co.3N/q+3;3*+2;3*-3. The van der Waals surface area contributed by atoms with E-state index >= 15 is 0 Å². The SMILES string of the molecule is [Al+3].[Co+2].[Co+2].[Co+2].[N-3].[N-3].[N-3]. The Labute approximate surface area is 85.6 Å². The summed E-state index contributed by atoms with van der Waals surface area (Å²) in [6.45, 7) is 0. The number of hydrogen-bond donors (Lipinski definition) is 0. The molecule has 0 saturated heterocycles. The summed E-state index contributed by atoms with van der Waals surface area (Å²) in [4.78, 5) is 0. The fraction of sp³-hybridized carbons (Fsp3) is 0. The average molecular weight is 246 g/mol. The van der Waals surface area contributed by atoms with Crippen molar-refractivity contribution < 1.29 is 50.3 Å². The van der Waals surface area contributed by atoms with Gasteiger partial charge in [0.1, 0.15) is 0 Å². The van der Waals surface area contributed by atoms with Crippen LogP contribution in [0, 0.1) is 0 Å². The predicted octanol–water partition coefficient (Wildman–Crippen LogP) is 0.478. The average Bonchev–Trinajstić information content (AvgIpc) is 0. The van der Waals surface area contributed by atoms with Gasteiger partial charge in [-0.3, -0.25) is 0 Å². The third-order valence-electron chi connectivity index (χ3n) is 0. The molecule has 0 heterocycles. The second-order valence-corrected chi connectivity index (χ2v) is 0. The predicted molar refractivity (Wildman–Crippen MR) is 15.8 cm³/mol. The van der Waals surface area contributed by atoms with E-state index in [9.17, 15) is 0 Å². The summed E-state index contributed by atoms with van der Waals surface area (Å²) in [7, 11) is 0. The van der Waals surface area contributed by atoms with Crippen molar-refractivity contribution in [3.8, 4) is 0 Å². The maximum absolute atomic E-state index is 0. The molecule has 0 aromatic heterocycles. The minimum Gasteiger partial charge on any atom is -3.00 e. The van der Waals surface area contributed by atoms with Crippen molar-refractivity contribution in [2.45, 2.75) is 0 Å². The van der Waals surface area contributed by atoms with Crippen LogP contribution in [0.1, 0.15) is 0 Å². The van der Waals surface area contributed by atoms with E-state index in [1.54, 1.807) is 0 Å². The molecule has 0 amide bonds. The molecule has 0 aromatic rings. The topological polar surface area (TPSA) is 91.5 Å². The first kappa shape index (κ1) is 151. The van der Waals surface area contributed by atoms with Crippen molar-refractivity contribution >= 4 is 17.4 Å². The van der Waals surface area contributed by atoms with Gasteiger partial charge in [-0.25, -0.2) is 0 Å². The molecule has 45 valence electrons. The van der Waals surface area contributed by atoms with Crippen LogP contribution in [0.25, 0.3) is 18.5 Å². The van der Waals surface area contributed by atoms with Gasteiger partial charge in [0.05, 0.1) is 0 Å². The Morgan fingerprint density at radius 1 is 0.429 bits per heavy atom. The van der Waals surface area contributed by atoms with Gasteiger partial charge in [-0.2, -0.15) is 0 Å². The van der Waals surface area contributed by atoms with Crippen molar-refractivity contribution in [3.05, 3.63) is 18.5 Å². The van der Waals surface area contributed by atoms with Crippen molar-refractivity contribution in [2.75, 3.05) is 0 Å². The minimum absolute atomic E-state index is 0. The van der Waals surface area contributed by atoms with Gasteiger partial charge in [-0.1, -0.05) is 0 Å². The van der Waals surface area contributed by atoms with Crippen LogP contribution in [-0.2, 0) is 50.3 Å². The van der Waals surface area contributed by atoms with Crippen molar-refractivity contribution in [2.24, 2.45) is 0 Å².